The van der Waals surface area contributed by atoms with E-state index in [9.17, 15) is 4.79 Å². The Kier molecular flexibility index (Phi) is 4.36. The van der Waals surface area contributed by atoms with E-state index in [2.05, 4.69) is 17.2 Å². The molecule has 94 valence electrons. The zero-order chi connectivity index (χ0) is 12.3. The highest BCUT2D eigenvalue weighted by Gasteiger charge is 2.21. The van der Waals surface area contributed by atoms with Gasteiger partial charge < -0.3 is 10.2 Å². The van der Waals surface area contributed by atoms with Crippen molar-refractivity contribution in [3.8, 4) is 0 Å². The molecule has 1 fully saturated rings. The maximum absolute atomic E-state index is 11.5. The second-order valence-corrected chi connectivity index (χ2v) is 6.03. The standard InChI is InChI=1S/C11H16ClN3OS/c1-8(7-15-4-2-3-11(15)16)13-6-10-14-5-9(12)17-10/h5,8,13H,2-4,6-7H2,1H3. The summed E-state index contributed by atoms with van der Waals surface area (Å²) in [5.41, 5.74) is 0. The number of amides is 1. The van der Waals surface area contributed by atoms with E-state index in [0.29, 0.717) is 17.3 Å². The van der Waals surface area contributed by atoms with Crippen LogP contribution in [0.2, 0.25) is 4.34 Å². The van der Waals surface area contributed by atoms with Gasteiger partial charge in [-0.3, -0.25) is 4.79 Å². The predicted octanol–water partition coefficient (Wildman–Crippen LogP) is 1.90. The van der Waals surface area contributed by atoms with Crippen LogP contribution in [-0.4, -0.2) is 34.9 Å². The monoisotopic (exact) mass is 273 g/mol. The van der Waals surface area contributed by atoms with E-state index < -0.39 is 0 Å². The number of halogens is 1. The Morgan fingerprint density at radius 2 is 2.53 bits per heavy atom. The first-order chi connectivity index (χ1) is 8.15. The fourth-order valence-corrected chi connectivity index (χ4v) is 2.83. The molecule has 0 bridgehead atoms. The third-order valence-corrected chi connectivity index (χ3v) is 3.91. The number of rotatable bonds is 5. The number of likely N-dealkylation sites (tertiary alicyclic amines) is 1. The molecule has 0 aromatic carbocycles. The summed E-state index contributed by atoms with van der Waals surface area (Å²) in [6.07, 6.45) is 3.36. The maximum Gasteiger partial charge on any atom is 0.222 e. The molecule has 1 atom stereocenters. The molecule has 0 aliphatic carbocycles. The lowest BCUT2D eigenvalue weighted by Crippen LogP contribution is -2.39. The molecule has 1 unspecified atom stereocenters. The first kappa shape index (κ1) is 12.8. The van der Waals surface area contributed by atoms with Gasteiger partial charge in [-0.25, -0.2) is 4.98 Å². The summed E-state index contributed by atoms with van der Waals surface area (Å²) in [5, 5.41) is 4.34. The number of nitrogens with one attached hydrogen (secondary N) is 1. The molecule has 0 radical (unpaired) electrons. The molecule has 1 N–H and O–H groups in total. The lowest BCUT2D eigenvalue weighted by molar-refractivity contribution is -0.127. The Hall–Kier alpha value is -0.650. The number of nitrogens with zero attached hydrogens (tertiary/aromatic N) is 2. The van der Waals surface area contributed by atoms with Gasteiger partial charge in [0.25, 0.3) is 0 Å². The van der Waals surface area contributed by atoms with Crippen LogP contribution in [0.25, 0.3) is 0 Å². The van der Waals surface area contributed by atoms with Gasteiger partial charge in [-0.2, -0.15) is 0 Å². The van der Waals surface area contributed by atoms with Crippen molar-refractivity contribution in [2.24, 2.45) is 0 Å². The summed E-state index contributed by atoms with van der Waals surface area (Å²) >= 11 is 7.29. The second kappa shape index (κ2) is 5.80. The van der Waals surface area contributed by atoms with Crippen molar-refractivity contribution in [3.05, 3.63) is 15.5 Å². The van der Waals surface area contributed by atoms with E-state index in [0.717, 1.165) is 24.5 Å². The quantitative estimate of drug-likeness (QED) is 0.891. The third kappa shape index (κ3) is 3.66. The zero-order valence-electron chi connectivity index (χ0n) is 9.78. The minimum Gasteiger partial charge on any atom is -0.341 e. The number of thiazole rings is 1. The normalized spacial score (nSPS) is 17.8. The van der Waals surface area contributed by atoms with Gasteiger partial charge in [0.05, 0.1) is 6.20 Å². The Labute approximate surface area is 110 Å². The molecular formula is C11H16ClN3OS. The molecule has 0 saturated carbocycles. The summed E-state index contributed by atoms with van der Waals surface area (Å²) in [5.74, 6) is 0.274. The van der Waals surface area contributed by atoms with Gasteiger partial charge >= 0.3 is 0 Å². The van der Waals surface area contributed by atoms with Crippen LogP contribution in [0.3, 0.4) is 0 Å². The minimum atomic E-state index is 0.274. The first-order valence-corrected chi connectivity index (χ1v) is 6.96. The Morgan fingerprint density at radius 3 is 3.12 bits per heavy atom. The van der Waals surface area contributed by atoms with Crippen LogP contribution in [0.5, 0.6) is 0 Å². The Bertz CT molecular complexity index is 396. The third-order valence-electron chi connectivity index (χ3n) is 2.79. The molecule has 1 aliphatic rings. The lowest BCUT2D eigenvalue weighted by Gasteiger charge is -2.21. The van der Waals surface area contributed by atoms with Crippen molar-refractivity contribution >= 4 is 28.8 Å². The SMILES string of the molecule is CC(CN1CCCC1=O)NCc1ncc(Cl)s1. The van der Waals surface area contributed by atoms with Crippen LogP contribution in [0.1, 0.15) is 24.8 Å². The minimum absolute atomic E-state index is 0.274. The van der Waals surface area contributed by atoms with Gasteiger partial charge in [-0.1, -0.05) is 11.6 Å². The van der Waals surface area contributed by atoms with Gasteiger partial charge in [0.15, 0.2) is 0 Å². The lowest BCUT2D eigenvalue weighted by atomic mass is 10.3. The van der Waals surface area contributed by atoms with Gasteiger partial charge in [-0.15, -0.1) is 11.3 Å². The molecule has 2 rings (SSSR count). The van der Waals surface area contributed by atoms with E-state index in [1.54, 1.807) is 6.20 Å². The van der Waals surface area contributed by atoms with E-state index in [1.807, 2.05) is 4.90 Å². The van der Waals surface area contributed by atoms with Crippen molar-refractivity contribution < 1.29 is 4.79 Å². The van der Waals surface area contributed by atoms with Crippen molar-refractivity contribution in [2.75, 3.05) is 13.1 Å². The number of hydrogen-bond donors (Lipinski definition) is 1. The molecular weight excluding hydrogens is 258 g/mol. The van der Waals surface area contributed by atoms with Crippen molar-refractivity contribution in [3.63, 3.8) is 0 Å². The summed E-state index contributed by atoms with van der Waals surface area (Å²) < 4.78 is 0.712. The van der Waals surface area contributed by atoms with Crippen LogP contribution in [0.4, 0.5) is 0 Å². The van der Waals surface area contributed by atoms with Gasteiger partial charge in [0.1, 0.15) is 9.34 Å². The molecule has 1 aromatic heterocycles. The van der Waals surface area contributed by atoms with E-state index >= 15 is 0 Å². The largest absolute Gasteiger partial charge is 0.341 e. The Morgan fingerprint density at radius 1 is 1.71 bits per heavy atom. The summed E-state index contributed by atoms with van der Waals surface area (Å²) in [6.45, 7) is 4.47. The van der Waals surface area contributed by atoms with Gasteiger partial charge in [0.2, 0.25) is 5.91 Å². The summed E-state index contributed by atoms with van der Waals surface area (Å²) in [6, 6.07) is 0.278. The van der Waals surface area contributed by atoms with E-state index in [1.165, 1.54) is 11.3 Å². The maximum atomic E-state index is 11.5. The number of carbonyl (C=O) groups is 1. The molecule has 4 nitrogen and oxygen atoms in total. The molecule has 0 spiro atoms. The van der Waals surface area contributed by atoms with Crippen LogP contribution in [-0.2, 0) is 11.3 Å². The van der Waals surface area contributed by atoms with E-state index in [4.69, 9.17) is 11.6 Å². The predicted molar refractivity (Wildman–Crippen MR) is 69.2 cm³/mol. The highest BCUT2D eigenvalue weighted by molar-refractivity contribution is 7.15. The van der Waals surface area contributed by atoms with Crippen LogP contribution in [0, 0.1) is 0 Å². The highest BCUT2D eigenvalue weighted by atomic mass is 35.5. The molecule has 6 heteroatoms. The number of aromatic nitrogens is 1. The highest BCUT2D eigenvalue weighted by Crippen LogP contribution is 2.18. The van der Waals surface area contributed by atoms with Crippen molar-refractivity contribution in [1.29, 1.82) is 0 Å². The molecule has 1 aliphatic heterocycles. The van der Waals surface area contributed by atoms with Crippen LogP contribution >= 0.6 is 22.9 Å². The molecule has 1 aromatic rings. The average molecular weight is 274 g/mol. The fraction of sp³-hybridized carbons (Fsp3) is 0.636. The van der Waals surface area contributed by atoms with Crippen molar-refractivity contribution in [1.82, 2.24) is 15.2 Å². The van der Waals surface area contributed by atoms with Crippen LogP contribution in [0.15, 0.2) is 6.20 Å². The van der Waals surface area contributed by atoms with Gasteiger partial charge in [-0.05, 0) is 13.3 Å². The number of hydrogen-bond acceptors (Lipinski definition) is 4. The molecule has 2 heterocycles. The molecule has 1 saturated heterocycles. The summed E-state index contributed by atoms with van der Waals surface area (Å²) in [4.78, 5) is 17.6. The second-order valence-electron chi connectivity index (χ2n) is 4.28. The number of carbonyl (C=O) groups excluding carboxylic acids is 1. The van der Waals surface area contributed by atoms with Gasteiger partial charge in [0, 0.05) is 32.1 Å². The summed E-state index contributed by atoms with van der Waals surface area (Å²) in [7, 11) is 0. The zero-order valence-corrected chi connectivity index (χ0v) is 11.4. The van der Waals surface area contributed by atoms with E-state index in [-0.39, 0.29) is 11.9 Å². The molecule has 1 amide bonds. The van der Waals surface area contributed by atoms with Crippen LogP contribution < -0.4 is 5.32 Å². The smallest absolute Gasteiger partial charge is 0.222 e. The Balaban J connectivity index is 1.73. The first-order valence-electron chi connectivity index (χ1n) is 5.76. The topological polar surface area (TPSA) is 45.2 Å². The fourth-order valence-electron chi connectivity index (χ4n) is 1.92. The average Bonchev–Trinajstić information content (AvgIpc) is 2.86. The van der Waals surface area contributed by atoms with Crippen molar-refractivity contribution in [2.45, 2.75) is 32.4 Å². The molecule has 17 heavy (non-hydrogen) atoms.